The number of nitrogens with zero attached hydrogens (tertiary/aromatic N) is 2. The summed E-state index contributed by atoms with van der Waals surface area (Å²) in [5, 5.41) is 2.08. The molecule has 0 aliphatic rings. The predicted molar refractivity (Wildman–Crippen MR) is 103 cm³/mol. The van der Waals surface area contributed by atoms with E-state index in [4.69, 9.17) is 11.6 Å². The first-order chi connectivity index (χ1) is 14.3. The summed E-state index contributed by atoms with van der Waals surface area (Å²) in [5.41, 5.74) is -1.43. The van der Waals surface area contributed by atoms with Crippen molar-refractivity contribution >= 4 is 27.1 Å². The second-order valence-electron chi connectivity index (χ2n) is 6.62. The number of hydrogen-bond donors (Lipinski definition) is 2. The van der Waals surface area contributed by atoms with Crippen molar-refractivity contribution in [3.8, 4) is 0 Å². The molecule has 0 saturated carbocycles. The van der Waals surface area contributed by atoms with Crippen molar-refractivity contribution in [3.63, 3.8) is 0 Å². The summed E-state index contributed by atoms with van der Waals surface area (Å²) in [6, 6.07) is 2.60. The highest BCUT2D eigenvalue weighted by Crippen LogP contribution is 2.33. The molecule has 1 aromatic carbocycles. The minimum absolute atomic E-state index is 0.0140. The van der Waals surface area contributed by atoms with Crippen LogP contribution in [0.1, 0.15) is 28.8 Å². The van der Waals surface area contributed by atoms with Crippen LogP contribution in [0.4, 0.5) is 27.6 Å². The van der Waals surface area contributed by atoms with Crippen molar-refractivity contribution in [3.05, 3.63) is 69.9 Å². The van der Waals surface area contributed by atoms with Crippen LogP contribution in [0.5, 0.6) is 0 Å². The zero-order valence-electron chi connectivity index (χ0n) is 15.9. The van der Waals surface area contributed by atoms with Gasteiger partial charge >= 0.3 is 6.18 Å². The Morgan fingerprint density at radius 2 is 1.84 bits per heavy atom. The lowest BCUT2D eigenvalue weighted by Crippen LogP contribution is -2.17. The highest BCUT2D eigenvalue weighted by molar-refractivity contribution is 7.90. The van der Waals surface area contributed by atoms with Gasteiger partial charge in [0.05, 0.1) is 22.6 Å². The van der Waals surface area contributed by atoms with Gasteiger partial charge in [0.2, 0.25) is 0 Å². The van der Waals surface area contributed by atoms with E-state index in [2.05, 4.69) is 20.3 Å². The molecule has 6 nitrogen and oxygen atoms in total. The van der Waals surface area contributed by atoms with Crippen molar-refractivity contribution < 1.29 is 30.4 Å². The fraction of sp³-hybridized carbons (Fsp3) is 0.222. The number of anilines is 1. The SMILES string of the molecule is Cc1[nH]c(C(Nc2cnc(C(F)(F)F)cc2F)c2ccc(F)c(Cl)c2)nc1S(C)(=O)=O. The maximum Gasteiger partial charge on any atom is 0.433 e. The molecule has 0 bridgehead atoms. The first-order valence-corrected chi connectivity index (χ1v) is 10.7. The van der Waals surface area contributed by atoms with E-state index in [9.17, 15) is 30.4 Å². The van der Waals surface area contributed by atoms with Crippen LogP contribution in [-0.4, -0.2) is 29.6 Å². The van der Waals surface area contributed by atoms with Gasteiger partial charge in [-0.1, -0.05) is 17.7 Å². The summed E-state index contributed by atoms with van der Waals surface area (Å²) in [6.45, 7) is 1.45. The van der Waals surface area contributed by atoms with Gasteiger partial charge < -0.3 is 10.3 Å². The van der Waals surface area contributed by atoms with Gasteiger partial charge in [-0.05, 0) is 24.6 Å². The molecule has 1 unspecified atom stereocenters. The molecule has 0 aliphatic carbocycles. The highest BCUT2D eigenvalue weighted by Gasteiger charge is 2.33. The molecule has 166 valence electrons. The quantitative estimate of drug-likeness (QED) is 0.518. The number of hydrogen-bond acceptors (Lipinski definition) is 5. The molecule has 0 amide bonds. The van der Waals surface area contributed by atoms with E-state index in [0.29, 0.717) is 6.20 Å². The predicted octanol–water partition coefficient (Wildman–Crippen LogP) is 4.67. The number of pyridine rings is 1. The van der Waals surface area contributed by atoms with Gasteiger partial charge in [-0.3, -0.25) is 0 Å². The molecule has 13 heteroatoms. The maximum atomic E-state index is 14.4. The Balaban J connectivity index is 2.10. The molecule has 31 heavy (non-hydrogen) atoms. The van der Waals surface area contributed by atoms with E-state index in [1.807, 2.05) is 0 Å². The maximum absolute atomic E-state index is 14.4. The number of aromatic nitrogens is 3. The van der Waals surface area contributed by atoms with Gasteiger partial charge in [-0.15, -0.1) is 0 Å². The molecule has 2 aromatic heterocycles. The van der Waals surface area contributed by atoms with E-state index in [-0.39, 0.29) is 33.2 Å². The lowest BCUT2D eigenvalue weighted by atomic mass is 10.1. The Morgan fingerprint density at radius 1 is 1.16 bits per heavy atom. The summed E-state index contributed by atoms with van der Waals surface area (Å²) in [5.74, 6) is -2.01. The second-order valence-corrected chi connectivity index (χ2v) is 8.96. The monoisotopic (exact) mass is 480 g/mol. The molecule has 1 atom stereocenters. The Labute approximate surface area is 178 Å². The lowest BCUT2D eigenvalue weighted by molar-refractivity contribution is -0.141. The van der Waals surface area contributed by atoms with Crippen LogP contribution in [0.3, 0.4) is 0 Å². The van der Waals surface area contributed by atoms with E-state index >= 15 is 0 Å². The normalized spacial score (nSPS) is 13.3. The van der Waals surface area contributed by atoms with E-state index in [1.54, 1.807) is 0 Å². The van der Waals surface area contributed by atoms with Crippen LogP contribution in [0.2, 0.25) is 5.02 Å². The minimum Gasteiger partial charge on any atom is -0.368 e. The molecule has 0 fully saturated rings. The second kappa shape index (κ2) is 8.08. The molecule has 2 N–H and O–H groups in total. The van der Waals surface area contributed by atoms with Crippen LogP contribution < -0.4 is 5.32 Å². The van der Waals surface area contributed by atoms with Gasteiger partial charge in [0.25, 0.3) is 0 Å². The number of H-pyrrole nitrogens is 1. The Kier molecular flexibility index (Phi) is 5.98. The third kappa shape index (κ3) is 4.96. The van der Waals surface area contributed by atoms with Crippen LogP contribution in [-0.2, 0) is 16.0 Å². The third-order valence-corrected chi connectivity index (χ3v) is 5.59. The number of aromatic amines is 1. The van der Waals surface area contributed by atoms with Crippen molar-refractivity contribution in [2.45, 2.75) is 24.2 Å². The number of imidazole rings is 1. The Hall–Kier alpha value is -2.73. The number of nitrogens with one attached hydrogen (secondary N) is 2. The molecule has 3 rings (SSSR count). The fourth-order valence-corrected chi connectivity index (χ4v) is 3.87. The van der Waals surface area contributed by atoms with Gasteiger partial charge in [0, 0.05) is 12.3 Å². The van der Waals surface area contributed by atoms with Crippen LogP contribution in [0, 0.1) is 18.6 Å². The van der Waals surface area contributed by atoms with Crippen molar-refractivity contribution in [1.29, 1.82) is 0 Å². The minimum atomic E-state index is -4.84. The van der Waals surface area contributed by atoms with Crippen LogP contribution in [0.15, 0.2) is 35.5 Å². The Morgan fingerprint density at radius 3 is 2.35 bits per heavy atom. The molecular weight excluding hydrogens is 467 g/mol. The highest BCUT2D eigenvalue weighted by atomic mass is 35.5. The number of rotatable bonds is 5. The smallest absolute Gasteiger partial charge is 0.368 e. The van der Waals surface area contributed by atoms with E-state index in [1.165, 1.54) is 19.1 Å². The van der Waals surface area contributed by atoms with Gasteiger partial charge in [-0.25, -0.2) is 27.2 Å². The topological polar surface area (TPSA) is 87.7 Å². The molecule has 0 radical (unpaired) electrons. The molecule has 3 aromatic rings. The van der Waals surface area contributed by atoms with Crippen molar-refractivity contribution in [2.75, 3.05) is 11.6 Å². The Bertz CT molecular complexity index is 1240. The zero-order valence-corrected chi connectivity index (χ0v) is 17.4. The fourth-order valence-electron chi connectivity index (χ4n) is 2.81. The summed E-state index contributed by atoms with van der Waals surface area (Å²) in [4.78, 5) is 9.98. The number of sulfone groups is 1. The summed E-state index contributed by atoms with van der Waals surface area (Å²) >= 11 is 5.82. The average molecular weight is 481 g/mol. The molecule has 2 heterocycles. The molecule has 0 spiro atoms. The van der Waals surface area contributed by atoms with Gasteiger partial charge in [-0.2, -0.15) is 13.2 Å². The first kappa shape index (κ1) is 22.9. The third-order valence-electron chi connectivity index (χ3n) is 4.20. The van der Waals surface area contributed by atoms with E-state index < -0.39 is 45.1 Å². The molecule has 0 aliphatic heterocycles. The summed E-state index contributed by atoms with van der Waals surface area (Å²) < 4.78 is 90.1. The average Bonchev–Trinajstić information content (AvgIpc) is 3.04. The standard InChI is InChI=1S/C18H14ClF5N4O2S/c1-8-17(31(2,29)30)28-16(26-8)15(9-3-4-11(20)10(19)5-9)27-13-7-25-14(6-12(13)21)18(22,23)24/h3-7,15,27H,1-2H3,(H,26,28). The number of halogens is 6. The van der Waals surface area contributed by atoms with Crippen molar-refractivity contribution in [2.24, 2.45) is 0 Å². The number of benzene rings is 1. The molecule has 0 saturated heterocycles. The van der Waals surface area contributed by atoms with Gasteiger partial charge in [0.15, 0.2) is 14.9 Å². The number of aryl methyl sites for hydroxylation is 1. The number of alkyl halides is 3. The van der Waals surface area contributed by atoms with Crippen molar-refractivity contribution in [1.82, 2.24) is 15.0 Å². The first-order valence-electron chi connectivity index (χ1n) is 8.48. The van der Waals surface area contributed by atoms with E-state index in [0.717, 1.165) is 12.3 Å². The lowest BCUT2D eigenvalue weighted by Gasteiger charge is -2.19. The molecular formula is C18H14ClF5N4O2S. The van der Waals surface area contributed by atoms with Crippen LogP contribution in [0.25, 0.3) is 0 Å². The van der Waals surface area contributed by atoms with Gasteiger partial charge in [0.1, 0.15) is 29.2 Å². The summed E-state index contributed by atoms with van der Waals surface area (Å²) in [6.07, 6.45) is -3.26. The largest absolute Gasteiger partial charge is 0.433 e. The zero-order chi connectivity index (χ0) is 23.1. The summed E-state index contributed by atoms with van der Waals surface area (Å²) in [7, 11) is -3.71. The van der Waals surface area contributed by atoms with Crippen LogP contribution >= 0.6 is 11.6 Å².